The number of rotatable bonds is 5. The van der Waals surface area contributed by atoms with Gasteiger partial charge in [0.05, 0.1) is 5.56 Å². The highest BCUT2D eigenvalue weighted by Gasteiger charge is 2.31. The molecule has 1 amide bonds. The summed E-state index contributed by atoms with van der Waals surface area (Å²) in [5.74, 6) is 0.195. The molecule has 0 aliphatic rings. The number of halogens is 4. The molecule has 0 saturated carbocycles. The number of nitrogens with two attached hydrogens (primary N) is 1. The molecule has 0 heterocycles. The molecule has 0 aromatic heterocycles. The Morgan fingerprint density at radius 1 is 1.23 bits per heavy atom. The van der Waals surface area contributed by atoms with Gasteiger partial charge < -0.3 is 11.1 Å². The number of carbonyl (C=O) groups excluding carboxylic acids is 1. The Morgan fingerprint density at radius 2 is 1.82 bits per heavy atom. The molecule has 0 spiro atoms. The maximum atomic E-state index is 12.8. The number of nitrogens with one attached hydrogen (secondary N) is 1. The average Bonchev–Trinajstić information content (AvgIpc) is 2.36. The van der Waals surface area contributed by atoms with Crippen LogP contribution in [0.5, 0.6) is 0 Å². The Hall–Kier alpha value is -1.27. The minimum Gasteiger partial charge on any atom is -0.326 e. The summed E-state index contributed by atoms with van der Waals surface area (Å²) in [6.07, 6.45) is -4.19. The van der Waals surface area contributed by atoms with E-state index in [0.717, 1.165) is 12.1 Å². The third-order valence-electron chi connectivity index (χ3n) is 3.49. The third kappa shape index (κ3) is 6.23. The Bertz CT molecular complexity index is 504. The van der Waals surface area contributed by atoms with Gasteiger partial charge in [0.15, 0.2) is 0 Å². The maximum absolute atomic E-state index is 12.8. The first-order valence-electron chi connectivity index (χ1n) is 6.84. The first-order valence-corrected chi connectivity index (χ1v) is 6.84. The molecule has 3 nitrogen and oxygen atoms in total. The van der Waals surface area contributed by atoms with E-state index in [1.807, 2.05) is 20.8 Å². The van der Waals surface area contributed by atoms with Crippen molar-refractivity contribution in [3.63, 3.8) is 0 Å². The number of hydrogen-bond acceptors (Lipinski definition) is 2. The average molecular weight is 339 g/mol. The van der Waals surface area contributed by atoms with Gasteiger partial charge in [0.2, 0.25) is 5.91 Å². The molecule has 0 radical (unpaired) electrons. The second-order valence-corrected chi connectivity index (χ2v) is 5.59. The van der Waals surface area contributed by atoms with Gasteiger partial charge in [-0.25, -0.2) is 0 Å². The molecule has 0 aliphatic carbocycles. The summed E-state index contributed by atoms with van der Waals surface area (Å²) in [5, 5.41) is 2.52. The summed E-state index contributed by atoms with van der Waals surface area (Å²) in [6, 6.07) is 3.39. The van der Waals surface area contributed by atoms with Crippen molar-refractivity contribution in [2.75, 3.05) is 5.32 Å². The van der Waals surface area contributed by atoms with Crippen molar-refractivity contribution in [3.05, 3.63) is 29.3 Å². The van der Waals surface area contributed by atoms with Crippen LogP contribution in [0.1, 0.15) is 38.3 Å². The maximum Gasteiger partial charge on any atom is 0.416 e. The summed E-state index contributed by atoms with van der Waals surface area (Å²) in [7, 11) is 0. The van der Waals surface area contributed by atoms with Crippen LogP contribution in [0.4, 0.5) is 18.9 Å². The molecule has 22 heavy (non-hydrogen) atoms. The van der Waals surface area contributed by atoms with E-state index in [-0.39, 0.29) is 42.9 Å². The van der Waals surface area contributed by atoms with Crippen LogP contribution in [0.2, 0.25) is 0 Å². The quantitative estimate of drug-likeness (QED) is 0.845. The Balaban J connectivity index is 0.00000441. The van der Waals surface area contributed by atoms with Crippen LogP contribution in [0.25, 0.3) is 0 Å². The molecule has 0 bridgehead atoms. The first-order chi connectivity index (χ1) is 9.63. The van der Waals surface area contributed by atoms with E-state index < -0.39 is 11.7 Å². The fourth-order valence-corrected chi connectivity index (χ4v) is 1.79. The van der Waals surface area contributed by atoms with E-state index in [1.165, 1.54) is 6.07 Å². The van der Waals surface area contributed by atoms with Gasteiger partial charge in [-0.15, -0.1) is 12.4 Å². The fraction of sp³-hybridized carbons (Fsp3) is 0.533. The SMILES string of the molecule is CC(C)C(C)CC(=O)Nc1cc(CN)cc(C(F)(F)F)c1.Cl. The van der Waals surface area contributed by atoms with Crippen molar-refractivity contribution < 1.29 is 18.0 Å². The number of anilines is 1. The molecule has 3 N–H and O–H groups in total. The van der Waals surface area contributed by atoms with Crippen LogP contribution in [-0.4, -0.2) is 5.91 Å². The molecule has 126 valence electrons. The standard InChI is InChI=1S/C15H21F3N2O.ClH/c1-9(2)10(3)4-14(21)20-13-6-11(8-19)5-12(7-13)15(16,17)18;/h5-7,9-10H,4,8,19H2,1-3H3,(H,20,21);1H. The van der Waals surface area contributed by atoms with E-state index in [2.05, 4.69) is 5.32 Å². The predicted molar refractivity (Wildman–Crippen MR) is 83.8 cm³/mol. The van der Waals surface area contributed by atoms with Gasteiger partial charge in [-0.05, 0) is 35.6 Å². The van der Waals surface area contributed by atoms with Crippen molar-refractivity contribution in [2.24, 2.45) is 17.6 Å². The second-order valence-electron chi connectivity index (χ2n) is 5.59. The molecule has 7 heteroatoms. The lowest BCUT2D eigenvalue weighted by atomic mass is 9.94. The molecule has 1 aromatic rings. The zero-order chi connectivity index (χ0) is 16.2. The normalized spacial score (nSPS) is 12.7. The van der Waals surface area contributed by atoms with Crippen molar-refractivity contribution in [1.29, 1.82) is 0 Å². The Morgan fingerprint density at radius 3 is 2.27 bits per heavy atom. The van der Waals surface area contributed by atoms with Crippen LogP contribution in [-0.2, 0) is 17.5 Å². The van der Waals surface area contributed by atoms with E-state index in [9.17, 15) is 18.0 Å². The van der Waals surface area contributed by atoms with Gasteiger partial charge in [-0.1, -0.05) is 20.8 Å². The van der Waals surface area contributed by atoms with Gasteiger partial charge in [0.1, 0.15) is 0 Å². The lowest BCUT2D eigenvalue weighted by Gasteiger charge is -2.16. The third-order valence-corrected chi connectivity index (χ3v) is 3.49. The number of alkyl halides is 3. The summed E-state index contributed by atoms with van der Waals surface area (Å²) >= 11 is 0. The summed E-state index contributed by atoms with van der Waals surface area (Å²) in [5.41, 5.74) is 5.06. The van der Waals surface area contributed by atoms with Gasteiger partial charge in [0.25, 0.3) is 0 Å². The minimum atomic E-state index is -4.46. The summed E-state index contributed by atoms with van der Waals surface area (Å²) < 4.78 is 38.4. The molecule has 1 aromatic carbocycles. The molecule has 1 rings (SSSR count). The fourth-order valence-electron chi connectivity index (χ4n) is 1.79. The van der Waals surface area contributed by atoms with Gasteiger partial charge in [-0.2, -0.15) is 13.2 Å². The molecule has 0 saturated heterocycles. The number of carbonyl (C=O) groups is 1. The molecule has 0 aliphatic heterocycles. The Kier molecular flexibility index (Phi) is 7.90. The van der Waals surface area contributed by atoms with Gasteiger partial charge in [-0.3, -0.25) is 4.79 Å². The van der Waals surface area contributed by atoms with Gasteiger partial charge >= 0.3 is 6.18 Å². The molecular weight excluding hydrogens is 317 g/mol. The van der Waals surface area contributed by atoms with E-state index in [0.29, 0.717) is 11.5 Å². The second kappa shape index (κ2) is 8.39. The molecule has 1 atom stereocenters. The largest absolute Gasteiger partial charge is 0.416 e. The predicted octanol–water partition coefficient (Wildman–Crippen LogP) is 4.21. The highest BCUT2D eigenvalue weighted by Crippen LogP contribution is 2.32. The highest BCUT2D eigenvalue weighted by molar-refractivity contribution is 5.91. The number of amides is 1. The molecular formula is C15H22ClF3N2O. The van der Waals surface area contributed by atoms with Crippen LogP contribution < -0.4 is 11.1 Å². The van der Waals surface area contributed by atoms with Gasteiger partial charge in [0, 0.05) is 18.7 Å². The first kappa shape index (κ1) is 20.7. The van der Waals surface area contributed by atoms with Crippen molar-refractivity contribution >= 4 is 24.0 Å². The highest BCUT2D eigenvalue weighted by atomic mass is 35.5. The van der Waals surface area contributed by atoms with E-state index in [1.54, 1.807) is 0 Å². The zero-order valence-corrected chi connectivity index (χ0v) is 13.6. The molecule has 0 fully saturated rings. The topological polar surface area (TPSA) is 55.1 Å². The summed E-state index contributed by atoms with van der Waals surface area (Å²) in [4.78, 5) is 11.9. The van der Waals surface area contributed by atoms with Crippen LogP contribution in [0.15, 0.2) is 18.2 Å². The van der Waals surface area contributed by atoms with E-state index in [4.69, 9.17) is 5.73 Å². The van der Waals surface area contributed by atoms with Crippen LogP contribution >= 0.6 is 12.4 Å². The Labute approximate surface area is 134 Å². The van der Waals surface area contributed by atoms with Crippen molar-refractivity contribution in [1.82, 2.24) is 0 Å². The van der Waals surface area contributed by atoms with E-state index >= 15 is 0 Å². The molecule has 1 unspecified atom stereocenters. The van der Waals surface area contributed by atoms with Crippen molar-refractivity contribution in [3.8, 4) is 0 Å². The number of hydrogen-bond donors (Lipinski definition) is 2. The minimum absolute atomic E-state index is 0. The smallest absolute Gasteiger partial charge is 0.326 e. The zero-order valence-electron chi connectivity index (χ0n) is 12.8. The van der Waals surface area contributed by atoms with Crippen LogP contribution in [0.3, 0.4) is 0 Å². The lowest BCUT2D eigenvalue weighted by molar-refractivity contribution is -0.137. The number of benzene rings is 1. The van der Waals surface area contributed by atoms with Crippen LogP contribution in [0, 0.1) is 11.8 Å². The monoisotopic (exact) mass is 338 g/mol. The summed E-state index contributed by atoms with van der Waals surface area (Å²) in [6.45, 7) is 5.90. The van der Waals surface area contributed by atoms with Crippen molar-refractivity contribution in [2.45, 2.75) is 39.9 Å². The lowest BCUT2D eigenvalue weighted by Crippen LogP contribution is -2.18.